The van der Waals surface area contributed by atoms with Gasteiger partial charge in [-0.25, -0.2) is 0 Å². The van der Waals surface area contributed by atoms with Gasteiger partial charge in [0.15, 0.2) is 16.9 Å². The van der Waals surface area contributed by atoms with Crippen molar-refractivity contribution in [3.05, 3.63) is 49.3 Å². The van der Waals surface area contributed by atoms with Crippen molar-refractivity contribution in [2.24, 2.45) is 0 Å². The first-order chi connectivity index (χ1) is 21.7. The molecule has 2 aliphatic carbocycles. The normalized spacial score (nSPS) is 16.6. The number of carbonyl (C=O) groups is 1. The van der Waals surface area contributed by atoms with Gasteiger partial charge in [-0.3, -0.25) is 14.4 Å². The van der Waals surface area contributed by atoms with E-state index in [2.05, 4.69) is 10.6 Å². The molecule has 45 heavy (non-hydrogen) atoms. The van der Waals surface area contributed by atoms with Crippen LogP contribution in [-0.4, -0.2) is 44.8 Å². The monoisotopic (exact) mass is 608 g/mol. The minimum Gasteiger partial charge on any atom is -0.505 e. The highest BCUT2D eigenvalue weighted by Gasteiger charge is 2.37. The van der Waals surface area contributed by atoms with E-state index < -0.39 is 11.3 Å². The zero-order chi connectivity index (χ0) is 31.9. The van der Waals surface area contributed by atoms with E-state index in [9.17, 15) is 19.5 Å². The maximum absolute atomic E-state index is 14.7. The Hall–Kier alpha value is -4.79. The molecule has 1 unspecified atom stereocenters. The van der Waals surface area contributed by atoms with Crippen molar-refractivity contribution < 1.29 is 24.1 Å². The molecule has 0 spiro atoms. The van der Waals surface area contributed by atoms with Crippen LogP contribution in [0.25, 0.3) is 49.2 Å². The van der Waals surface area contributed by atoms with Crippen LogP contribution in [0.5, 0.6) is 23.0 Å². The highest BCUT2D eigenvalue weighted by atomic mass is 16.5. The fourth-order valence-corrected chi connectivity index (χ4v) is 8.04. The summed E-state index contributed by atoms with van der Waals surface area (Å²) in [6.45, 7) is 5.73. The molecule has 7 rings (SSSR count). The van der Waals surface area contributed by atoms with Gasteiger partial charge >= 0.3 is 0 Å². The lowest BCUT2D eigenvalue weighted by molar-refractivity contribution is -0.117. The van der Waals surface area contributed by atoms with Crippen molar-refractivity contribution in [1.82, 2.24) is 0 Å². The van der Waals surface area contributed by atoms with Gasteiger partial charge in [0.25, 0.3) is 0 Å². The zero-order valence-corrected chi connectivity index (χ0v) is 26.3. The minimum absolute atomic E-state index is 0.0869. The number of nitrogens with one attached hydrogen (secondary N) is 2. The quantitative estimate of drug-likeness (QED) is 0.103. The number of Topliss-reactive ketones (excluding diaryl/α,β-unsaturated/α-hetero) is 1. The fraction of sp³-hybridized carbons (Fsp3) is 0.361. The summed E-state index contributed by atoms with van der Waals surface area (Å²) in [5.74, 6) is -0.296. The van der Waals surface area contributed by atoms with Crippen molar-refractivity contribution in [2.75, 3.05) is 38.5 Å². The van der Waals surface area contributed by atoms with E-state index in [4.69, 9.17) is 14.2 Å². The van der Waals surface area contributed by atoms with Gasteiger partial charge in [-0.05, 0) is 39.0 Å². The molecule has 5 aromatic rings. The van der Waals surface area contributed by atoms with Gasteiger partial charge in [-0.1, -0.05) is 24.5 Å². The molecule has 0 bridgehead atoms. The number of hydrogen-bond acceptors (Lipinski definition) is 9. The Morgan fingerprint density at radius 1 is 0.889 bits per heavy atom. The van der Waals surface area contributed by atoms with Gasteiger partial charge < -0.3 is 30.0 Å². The van der Waals surface area contributed by atoms with Gasteiger partial charge in [-0.15, -0.1) is 0 Å². The molecule has 1 saturated carbocycles. The van der Waals surface area contributed by atoms with Crippen LogP contribution in [0.3, 0.4) is 0 Å². The van der Waals surface area contributed by atoms with Crippen LogP contribution in [0, 0.1) is 0 Å². The summed E-state index contributed by atoms with van der Waals surface area (Å²) in [5.41, 5.74) is 2.03. The zero-order valence-electron chi connectivity index (χ0n) is 26.3. The molecular formula is C36H36N2O7. The fourth-order valence-electron chi connectivity index (χ4n) is 8.04. The highest BCUT2D eigenvalue weighted by Crippen LogP contribution is 2.56. The molecule has 0 aromatic heterocycles. The summed E-state index contributed by atoms with van der Waals surface area (Å²) in [5, 5.41) is 22.7. The van der Waals surface area contributed by atoms with E-state index in [1.54, 1.807) is 7.11 Å². The molecule has 9 nitrogen and oxygen atoms in total. The number of carbonyl (C=O) groups excluding carboxylic acids is 1. The van der Waals surface area contributed by atoms with Gasteiger partial charge in [0.05, 0.1) is 49.4 Å². The second-order valence-electron chi connectivity index (χ2n) is 12.2. The van der Waals surface area contributed by atoms with Crippen molar-refractivity contribution in [2.45, 2.75) is 58.4 Å². The molecule has 5 aromatic carbocycles. The van der Waals surface area contributed by atoms with E-state index in [1.807, 2.05) is 26.0 Å². The largest absolute Gasteiger partial charge is 0.505 e. The van der Waals surface area contributed by atoms with Crippen molar-refractivity contribution in [3.8, 4) is 23.0 Å². The number of rotatable bonds is 8. The number of ketones is 1. The third kappa shape index (κ3) is 3.82. The number of aromatic hydroxyl groups is 1. The number of phenols is 1. The number of benzene rings is 5. The Labute approximate surface area is 259 Å². The van der Waals surface area contributed by atoms with E-state index in [0.29, 0.717) is 83.8 Å². The highest BCUT2D eigenvalue weighted by molar-refractivity contribution is 6.40. The number of hydrogen-bond donors (Lipinski definition) is 3. The van der Waals surface area contributed by atoms with Crippen molar-refractivity contribution >= 4 is 66.3 Å². The SMILES string of the molecule is CCNc1c(O)c2c(=O)cc(OC)c3c4c(OC)cc(NC5CCCC5)c5c(=O)c(OC)c6c(c(c1C=C(C)C6C(C)=O)c23)c54. The summed E-state index contributed by atoms with van der Waals surface area (Å²) < 4.78 is 17.8. The van der Waals surface area contributed by atoms with E-state index in [1.165, 1.54) is 27.2 Å². The topological polar surface area (TPSA) is 123 Å². The van der Waals surface area contributed by atoms with Crippen molar-refractivity contribution in [3.63, 3.8) is 0 Å². The average Bonchev–Trinajstić information content (AvgIpc) is 3.48. The number of fused-ring (bicyclic) bond motifs is 1. The summed E-state index contributed by atoms with van der Waals surface area (Å²) in [4.78, 5) is 42.0. The van der Waals surface area contributed by atoms with E-state index in [0.717, 1.165) is 25.7 Å². The van der Waals surface area contributed by atoms with Crippen LogP contribution >= 0.6 is 0 Å². The van der Waals surface area contributed by atoms with Crippen LogP contribution in [0.2, 0.25) is 0 Å². The first-order valence-electron chi connectivity index (χ1n) is 15.4. The van der Waals surface area contributed by atoms with Gasteiger partial charge in [0.2, 0.25) is 5.43 Å². The predicted molar refractivity (Wildman–Crippen MR) is 180 cm³/mol. The second kappa shape index (κ2) is 10.4. The van der Waals surface area contributed by atoms with Gasteiger partial charge in [-0.2, -0.15) is 0 Å². The Morgan fingerprint density at radius 3 is 2.13 bits per heavy atom. The molecule has 1 fully saturated rings. The standard InChI is InChI=1S/C36H36N2O7/c1-7-37-33-18-12-15(2)23(16(3)39)32-30-24(18)29-26(34(33)41)20(40)14-22(44-5)28(29)27-21(43-4)13-19(38-17-10-8-9-11-17)25(31(27)30)35(42)36(32)45-6/h12-14,17,23,37-38,41H,7-11H2,1-6H3. The lowest BCUT2D eigenvalue weighted by atomic mass is 9.80. The number of phenolic OH excluding ortho intramolecular Hbond substituents is 1. The van der Waals surface area contributed by atoms with Gasteiger partial charge in [0.1, 0.15) is 17.3 Å². The maximum atomic E-state index is 14.7. The lowest BCUT2D eigenvalue weighted by Gasteiger charge is -2.26. The molecule has 9 heteroatoms. The van der Waals surface area contributed by atoms with Crippen LogP contribution in [0.15, 0.2) is 27.3 Å². The van der Waals surface area contributed by atoms with Gasteiger partial charge in [0, 0.05) is 62.8 Å². The smallest absolute Gasteiger partial charge is 0.230 e. The first-order valence-corrected chi connectivity index (χ1v) is 15.4. The Kier molecular flexibility index (Phi) is 6.69. The van der Waals surface area contributed by atoms with Crippen LogP contribution in [-0.2, 0) is 4.79 Å². The average molecular weight is 609 g/mol. The first kappa shape index (κ1) is 29.0. The molecule has 0 radical (unpaired) electrons. The molecular weight excluding hydrogens is 572 g/mol. The number of ether oxygens (including phenoxy) is 3. The number of anilines is 2. The number of methoxy groups -OCH3 is 3. The third-order valence-electron chi connectivity index (χ3n) is 9.74. The van der Waals surface area contributed by atoms with Crippen molar-refractivity contribution in [1.29, 1.82) is 0 Å². The second-order valence-corrected chi connectivity index (χ2v) is 12.2. The van der Waals surface area contributed by atoms with Crippen LogP contribution in [0.1, 0.15) is 63.5 Å². The molecule has 1 atom stereocenters. The summed E-state index contributed by atoms with van der Waals surface area (Å²) in [6, 6.07) is 3.39. The number of allylic oxidation sites excluding steroid dienone is 1. The molecule has 3 N–H and O–H groups in total. The molecule has 0 saturated heterocycles. The van der Waals surface area contributed by atoms with Crippen LogP contribution < -0.4 is 35.7 Å². The molecule has 0 aliphatic heterocycles. The Morgan fingerprint density at radius 2 is 1.53 bits per heavy atom. The lowest BCUT2D eigenvalue weighted by Crippen LogP contribution is -2.20. The molecule has 0 heterocycles. The minimum atomic E-state index is -0.810. The Balaban J connectivity index is 1.91. The summed E-state index contributed by atoms with van der Waals surface area (Å²) >= 11 is 0. The van der Waals surface area contributed by atoms with E-state index >= 15 is 0 Å². The molecule has 2 aliphatic rings. The predicted octanol–water partition coefficient (Wildman–Crippen LogP) is 6.50. The third-order valence-corrected chi connectivity index (χ3v) is 9.74. The summed E-state index contributed by atoms with van der Waals surface area (Å²) in [7, 11) is 4.51. The van der Waals surface area contributed by atoms with E-state index in [-0.39, 0.29) is 34.1 Å². The van der Waals surface area contributed by atoms with Crippen LogP contribution in [0.4, 0.5) is 11.4 Å². The Bertz CT molecular complexity index is 2220. The summed E-state index contributed by atoms with van der Waals surface area (Å²) in [6.07, 6.45) is 6.04. The maximum Gasteiger partial charge on any atom is 0.230 e. The molecule has 0 amide bonds. The molecule has 232 valence electrons.